The van der Waals surface area contributed by atoms with E-state index in [9.17, 15) is 4.79 Å². The number of urea groups is 1. The maximum atomic E-state index is 13.0. The molecule has 0 bridgehead atoms. The SMILES string of the molecule is COc1cc2c(cc1OC)CN(C(=O)N1CCN(c3ncccn3)CC1)CC2. The highest BCUT2D eigenvalue weighted by atomic mass is 16.5. The molecule has 8 heteroatoms. The summed E-state index contributed by atoms with van der Waals surface area (Å²) in [6, 6.07) is 5.91. The van der Waals surface area contributed by atoms with E-state index in [-0.39, 0.29) is 6.03 Å². The maximum absolute atomic E-state index is 13.0. The minimum atomic E-state index is 0.0917. The highest BCUT2D eigenvalue weighted by Crippen LogP contribution is 2.33. The number of carbonyl (C=O) groups is 1. The molecule has 2 aliphatic rings. The number of aromatic nitrogens is 2. The van der Waals surface area contributed by atoms with E-state index in [0.29, 0.717) is 31.9 Å². The number of benzene rings is 1. The van der Waals surface area contributed by atoms with Gasteiger partial charge in [0.25, 0.3) is 0 Å². The number of piperazine rings is 1. The van der Waals surface area contributed by atoms with Crippen molar-refractivity contribution >= 4 is 12.0 Å². The molecule has 1 fully saturated rings. The predicted octanol–water partition coefficient (Wildman–Crippen LogP) is 1.79. The Balaban J connectivity index is 1.40. The van der Waals surface area contributed by atoms with E-state index < -0.39 is 0 Å². The van der Waals surface area contributed by atoms with Gasteiger partial charge in [0.05, 0.1) is 14.2 Å². The largest absolute Gasteiger partial charge is 0.493 e. The average molecular weight is 383 g/mol. The molecule has 148 valence electrons. The van der Waals surface area contributed by atoms with Crippen LogP contribution in [0, 0.1) is 0 Å². The van der Waals surface area contributed by atoms with Crippen molar-refractivity contribution in [1.29, 1.82) is 0 Å². The van der Waals surface area contributed by atoms with Crippen molar-refractivity contribution in [2.75, 3.05) is 51.8 Å². The van der Waals surface area contributed by atoms with Gasteiger partial charge in [-0.05, 0) is 35.7 Å². The molecule has 0 N–H and O–H groups in total. The van der Waals surface area contributed by atoms with E-state index in [1.807, 2.05) is 28.0 Å². The Morgan fingerprint density at radius 3 is 2.18 bits per heavy atom. The monoisotopic (exact) mass is 383 g/mol. The maximum Gasteiger partial charge on any atom is 0.320 e. The number of amides is 2. The average Bonchev–Trinajstić information content (AvgIpc) is 2.78. The fourth-order valence-corrected chi connectivity index (χ4v) is 3.80. The summed E-state index contributed by atoms with van der Waals surface area (Å²) in [5.41, 5.74) is 2.33. The lowest BCUT2D eigenvalue weighted by Gasteiger charge is -2.39. The fourth-order valence-electron chi connectivity index (χ4n) is 3.80. The third-order valence-electron chi connectivity index (χ3n) is 5.37. The van der Waals surface area contributed by atoms with Gasteiger partial charge in [-0.3, -0.25) is 0 Å². The molecule has 2 amide bonds. The summed E-state index contributed by atoms with van der Waals surface area (Å²) in [5.74, 6) is 2.16. The second-order valence-electron chi connectivity index (χ2n) is 6.95. The highest BCUT2D eigenvalue weighted by molar-refractivity contribution is 5.75. The van der Waals surface area contributed by atoms with Gasteiger partial charge in [-0.15, -0.1) is 0 Å². The summed E-state index contributed by atoms with van der Waals surface area (Å²) in [7, 11) is 3.27. The molecular formula is C20H25N5O3. The number of anilines is 1. The van der Waals surface area contributed by atoms with Gasteiger partial charge in [0.1, 0.15) is 0 Å². The molecule has 2 aliphatic heterocycles. The van der Waals surface area contributed by atoms with Crippen LogP contribution in [0.25, 0.3) is 0 Å². The van der Waals surface area contributed by atoms with E-state index in [0.717, 1.165) is 36.8 Å². The van der Waals surface area contributed by atoms with Crippen LogP contribution in [0.5, 0.6) is 11.5 Å². The molecule has 0 radical (unpaired) electrons. The van der Waals surface area contributed by atoms with Crippen LogP contribution in [0.4, 0.5) is 10.7 Å². The molecule has 1 aromatic heterocycles. The number of methoxy groups -OCH3 is 2. The third-order valence-corrected chi connectivity index (χ3v) is 5.37. The molecule has 4 rings (SSSR count). The summed E-state index contributed by atoms with van der Waals surface area (Å²) in [5, 5.41) is 0. The van der Waals surface area contributed by atoms with Crippen LogP contribution in [-0.2, 0) is 13.0 Å². The molecule has 0 aliphatic carbocycles. The van der Waals surface area contributed by atoms with Crippen molar-refractivity contribution in [1.82, 2.24) is 19.8 Å². The van der Waals surface area contributed by atoms with Crippen LogP contribution in [0.1, 0.15) is 11.1 Å². The molecule has 2 aromatic rings. The van der Waals surface area contributed by atoms with E-state index >= 15 is 0 Å². The first-order chi connectivity index (χ1) is 13.7. The Morgan fingerprint density at radius 1 is 0.893 bits per heavy atom. The molecule has 0 unspecified atom stereocenters. The topological polar surface area (TPSA) is 71.0 Å². The molecular weight excluding hydrogens is 358 g/mol. The smallest absolute Gasteiger partial charge is 0.320 e. The summed E-state index contributed by atoms with van der Waals surface area (Å²) >= 11 is 0. The fraction of sp³-hybridized carbons (Fsp3) is 0.450. The van der Waals surface area contributed by atoms with E-state index in [1.54, 1.807) is 26.6 Å². The first-order valence-corrected chi connectivity index (χ1v) is 9.49. The van der Waals surface area contributed by atoms with Gasteiger partial charge >= 0.3 is 6.03 Å². The summed E-state index contributed by atoms with van der Waals surface area (Å²) in [6.07, 6.45) is 4.31. The molecule has 1 aromatic carbocycles. The Hall–Kier alpha value is -3.03. The van der Waals surface area contributed by atoms with Gasteiger partial charge in [-0.1, -0.05) is 0 Å². The molecule has 1 saturated heterocycles. The first-order valence-electron chi connectivity index (χ1n) is 9.49. The minimum Gasteiger partial charge on any atom is -0.493 e. The number of ether oxygens (including phenoxy) is 2. The lowest BCUT2D eigenvalue weighted by Crippen LogP contribution is -2.53. The van der Waals surface area contributed by atoms with Crippen molar-refractivity contribution in [3.05, 3.63) is 41.7 Å². The number of hydrogen-bond donors (Lipinski definition) is 0. The quantitative estimate of drug-likeness (QED) is 0.805. The summed E-state index contributed by atoms with van der Waals surface area (Å²) < 4.78 is 10.8. The minimum absolute atomic E-state index is 0.0917. The lowest BCUT2D eigenvalue weighted by atomic mass is 9.99. The van der Waals surface area contributed by atoms with Crippen LogP contribution >= 0.6 is 0 Å². The zero-order valence-corrected chi connectivity index (χ0v) is 16.3. The lowest BCUT2D eigenvalue weighted by molar-refractivity contribution is 0.144. The van der Waals surface area contributed by atoms with Crippen LogP contribution < -0.4 is 14.4 Å². The van der Waals surface area contributed by atoms with Crippen LogP contribution in [0.3, 0.4) is 0 Å². The molecule has 28 heavy (non-hydrogen) atoms. The summed E-state index contributed by atoms with van der Waals surface area (Å²) in [4.78, 5) is 27.6. The van der Waals surface area contributed by atoms with E-state index in [2.05, 4.69) is 14.9 Å². The van der Waals surface area contributed by atoms with Crippen LogP contribution in [-0.4, -0.2) is 72.7 Å². The predicted molar refractivity (Wildman–Crippen MR) is 105 cm³/mol. The normalized spacial score (nSPS) is 16.6. The van der Waals surface area contributed by atoms with E-state index in [1.165, 1.54) is 5.56 Å². The number of nitrogens with zero attached hydrogens (tertiary/aromatic N) is 5. The zero-order chi connectivity index (χ0) is 19.5. The zero-order valence-electron chi connectivity index (χ0n) is 16.3. The van der Waals surface area contributed by atoms with Gasteiger partial charge < -0.3 is 24.2 Å². The first kappa shape index (κ1) is 18.3. The van der Waals surface area contributed by atoms with Gasteiger partial charge in [-0.25, -0.2) is 14.8 Å². The molecule has 8 nitrogen and oxygen atoms in total. The molecule has 0 atom stereocenters. The van der Waals surface area contributed by atoms with E-state index in [4.69, 9.17) is 9.47 Å². The Morgan fingerprint density at radius 2 is 1.54 bits per heavy atom. The van der Waals surface area contributed by atoms with Gasteiger partial charge in [-0.2, -0.15) is 0 Å². The van der Waals surface area contributed by atoms with Gasteiger partial charge in [0.2, 0.25) is 5.95 Å². The van der Waals surface area contributed by atoms with Gasteiger partial charge in [0.15, 0.2) is 11.5 Å². The van der Waals surface area contributed by atoms with Crippen LogP contribution in [0.2, 0.25) is 0 Å². The van der Waals surface area contributed by atoms with Crippen molar-refractivity contribution in [2.24, 2.45) is 0 Å². The van der Waals surface area contributed by atoms with Crippen molar-refractivity contribution < 1.29 is 14.3 Å². The molecule has 3 heterocycles. The Bertz CT molecular complexity index is 837. The number of fused-ring (bicyclic) bond motifs is 1. The number of rotatable bonds is 3. The third kappa shape index (κ3) is 3.54. The number of carbonyl (C=O) groups excluding carboxylic acids is 1. The Kier molecular flexibility index (Phi) is 5.18. The van der Waals surface area contributed by atoms with Gasteiger partial charge in [0, 0.05) is 51.7 Å². The number of hydrogen-bond acceptors (Lipinski definition) is 6. The van der Waals surface area contributed by atoms with Crippen molar-refractivity contribution in [3.8, 4) is 11.5 Å². The van der Waals surface area contributed by atoms with Crippen molar-refractivity contribution in [2.45, 2.75) is 13.0 Å². The molecule has 0 saturated carbocycles. The standard InChI is InChI=1S/C20H25N5O3/c1-27-17-12-15-4-7-25(14-16(15)13-18(17)28-2)20(26)24-10-8-23(9-11-24)19-21-5-3-6-22-19/h3,5-6,12-13H,4,7-11,14H2,1-2H3. The second-order valence-corrected chi connectivity index (χ2v) is 6.95. The summed E-state index contributed by atoms with van der Waals surface area (Å²) in [6.45, 7) is 4.13. The van der Waals surface area contributed by atoms with Crippen LogP contribution in [0.15, 0.2) is 30.6 Å². The second kappa shape index (κ2) is 7.92. The van der Waals surface area contributed by atoms with Crippen molar-refractivity contribution in [3.63, 3.8) is 0 Å². The highest BCUT2D eigenvalue weighted by Gasteiger charge is 2.29. The Labute approximate surface area is 164 Å². The molecule has 0 spiro atoms.